The van der Waals surface area contributed by atoms with Crippen molar-refractivity contribution in [2.75, 3.05) is 18.4 Å². The van der Waals surface area contributed by atoms with Gasteiger partial charge in [-0.2, -0.15) is 4.31 Å². The van der Waals surface area contributed by atoms with Crippen LogP contribution in [-0.2, 0) is 23.0 Å². The molecule has 0 spiro atoms. The summed E-state index contributed by atoms with van der Waals surface area (Å²) < 4.78 is 27.8. The Kier molecular flexibility index (Phi) is 4.84. The minimum Gasteiger partial charge on any atom is -0.369 e. The molecule has 1 aliphatic heterocycles. The Hall–Kier alpha value is -1.99. The van der Waals surface area contributed by atoms with Crippen molar-refractivity contribution in [2.45, 2.75) is 63.3 Å². The predicted molar refractivity (Wildman–Crippen MR) is 124 cm³/mol. The molecule has 1 aromatic carbocycles. The number of hydrogen-bond donors (Lipinski definition) is 1. The highest BCUT2D eigenvalue weighted by Gasteiger charge is 2.50. The molecule has 0 unspecified atom stereocenters. The second-order valence-electron chi connectivity index (χ2n) is 10.8. The first-order valence-electron chi connectivity index (χ1n) is 12.0. The fraction of sp³-hybridized carbons (Fsp3) is 0.600. The first kappa shape index (κ1) is 20.6. The summed E-state index contributed by atoms with van der Waals surface area (Å²) in [6.07, 6.45) is 10.7. The summed E-state index contributed by atoms with van der Waals surface area (Å²) in [5.74, 6) is 3.71. The fourth-order valence-corrected chi connectivity index (χ4v) is 8.73. The SMILES string of the molecule is Cc1ccc(S(=O)(=O)N2CCc3c(ncnc3NCC34CC5CC(CC(C5)C3)C4)C2)cc1. The lowest BCUT2D eigenvalue weighted by Crippen LogP contribution is -2.49. The van der Waals surface area contributed by atoms with Crippen molar-refractivity contribution in [1.29, 1.82) is 0 Å². The van der Waals surface area contributed by atoms with Crippen LogP contribution in [0.2, 0.25) is 0 Å². The van der Waals surface area contributed by atoms with Crippen molar-refractivity contribution in [3.63, 3.8) is 0 Å². The van der Waals surface area contributed by atoms with Crippen LogP contribution in [0.15, 0.2) is 35.5 Å². The molecular weight excluding hydrogens is 420 g/mol. The van der Waals surface area contributed by atoms with E-state index in [4.69, 9.17) is 0 Å². The molecule has 0 amide bonds. The van der Waals surface area contributed by atoms with Gasteiger partial charge in [0.2, 0.25) is 10.0 Å². The monoisotopic (exact) mass is 452 g/mol. The van der Waals surface area contributed by atoms with Crippen molar-refractivity contribution in [3.05, 3.63) is 47.4 Å². The van der Waals surface area contributed by atoms with Crippen molar-refractivity contribution in [1.82, 2.24) is 14.3 Å². The van der Waals surface area contributed by atoms with Crippen LogP contribution in [0, 0.1) is 30.1 Å². The van der Waals surface area contributed by atoms with Gasteiger partial charge in [0.1, 0.15) is 12.1 Å². The number of nitrogens with zero attached hydrogens (tertiary/aromatic N) is 3. The maximum absolute atomic E-state index is 13.1. The molecule has 1 N–H and O–H groups in total. The van der Waals surface area contributed by atoms with Gasteiger partial charge in [-0.3, -0.25) is 0 Å². The van der Waals surface area contributed by atoms with Gasteiger partial charge in [0.25, 0.3) is 0 Å². The minimum atomic E-state index is -3.52. The highest BCUT2D eigenvalue weighted by Crippen LogP contribution is 2.59. The average molecular weight is 453 g/mol. The molecule has 0 saturated heterocycles. The van der Waals surface area contributed by atoms with E-state index >= 15 is 0 Å². The van der Waals surface area contributed by atoms with Crippen LogP contribution >= 0.6 is 0 Å². The molecule has 1 aromatic heterocycles. The highest BCUT2D eigenvalue weighted by molar-refractivity contribution is 7.89. The van der Waals surface area contributed by atoms with E-state index in [-0.39, 0.29) is 0 Å². The second-order valence-corrected chi connectivity index (χ2v) is 12.8. The van der Waals surface area contributed by atoms with Crippen molar-refractivity contribution >= 4 is 15.8 Å². The Labute approximate surface area is 190 Å². The third kappa shape index (κ3) is 3.54. The van der Waals surface area contributed by atoms with Crippen LogP contribution in [0.1, 0.15) is 55.3 Å². The molecule has 2 aromatic rings. The van der Waals surface area contributed by atoms with Crippen LogP contribution in [0.25, 0.3) is 0 Å². The van der Waals surface area contributed by atoms with Crippen molar-refractivity contribution in [3.8, 4) is 0 Å². The fourth-order valence-electron chi connectivity index (χ4n) is 7.32. The topological polar surface area (TPSA) is 75.2 Å². The Morgan fingerprint density at radius 2 is 1.69 bits per heavy atom. The van der Waals surface area contributed by atoms with Crippen LogP contribution in [-0.4, -0.2) is 35.8 Å². The van der Waals surface area contributed by atoms with Gasteiger partial charge < -0.3 is 5.32 Å². The quantitative estimate of drug-likeness (QED) is 0.737. The number of sulfonamides is 1. The van der Waals surface area contributed by atoms with Crippen LogP contribution in [0.4, 0.5) is 5.82 Å². The average Bonchev–Trinajstić information content (AvgIpc) is 2.77. The summed E-state index contributed by atoms with van der Waals surface area (Å²) in [5.41, 5.74) is 3.40. The third-order valence-electron chi connectivity index (χ3n) is 8.43. The molecule has 4 fully saturated rings. The van der Waals surface area contributed by atoms with E-state index in [9.17, 15) is 8.42 Å². The van der Waals surface area contributed by atoms with Crippen molar-refractivity contribution in [2.24, 2.45) is 23.2 Å². The van der Waals surface area contributed by atoms with E-state index in [0.29, 0.717) is 29.8 Å². The van der Waals surface area contributed by atoms with E-state index in [1.165, 1.54) is 38.5 Å². The molecule has 4 bridgehead atoms. The van der Waals surface area contributed by atoms with E-state index in [2.05, 4.69) is 15.3 Å². The maximum Gasteiger partial charge on any atom is 0.243 e. The van der Waals surface area contributed by atoms with Gasteiger partial charge in [-0.25, -0.2) is 18.4 Å². The van der Waals surface area contributed by atoms with Gasteiger partial charge in [0.15, 0.2) is 0 Å². The third-order valence-corrected chi connectivity index (χ3v) is 10.3. The first-order chi connectivity index (χ1) is 15.4. The number of rotatable bonds is 5. The minimum absolute atomic E-state index is 0.306. The van der Waals surface area contributed by atoms with Crippen molar-refractivity contribution < 1.29 is 8.42 Å². The van der Waals surface area contributed by atoms with Gasteiger partial charge in [0.05, 0.1) is 17.1 Å². The summed E-state index contributed by atoms with van der Waals surface area (Å²) in [4.78, 5) is 9.39. The Bertz CT molecular complexity index is 1090. The van der Waals surface area contributed by atoms with Crippen LogP contribution < -0.4 is 5.32 Å². The van der Waals surface area contributed by atoms with Crippen LogP contribution in [0.3, 0.4) is 0 Å². The lowest BCUT2D eigenvalue weighted by Gasteiger charge is -2.57. The zero-order chi connectivity index (χ0) is 21.9. The number of nitrogens with one attached hydrogen (secondary N) is 1. The number of hydrogen-bond acceptors (Lipinski definition) is 5. The zero-order valence-electron chi connectivity index (χ0n) is 18.8. The first-order valence-corrected chi connectivity index (χ1v) is 13.5. The summed E-state index contributed by atoms with van der Waals surface area (Å²) in [6.45, 7) is 3.72. The Morgan fingerprint density at radius 1 is 1.03 bits per heavy atom. The second kappa shape index (κ2) is 7.52. The molecule has 7 heteroatoms. The van der Waals surface area contributed by atoms with Gasteiger partial charge in [-0.15, -0.1) is 0 Å². The summed E-state index contributed by atoms with van der Waals surface area (Å²) in [7, 11) is -3.52. The van der Waals surface area contributed by atoms with E-state index < -0.39 is 10.0 Å². The molecule has 170 valence electrons. The predicted octanol–water partition coefficient (Wildman–Crippen LogP) is 4.16. The molecule has 32 heavy (non-hydrogen) atoms. The highest BCUT2D eigenvalue weighted by atomic mass is 32.2. The van der Waals surface area contributed by atoms with Gasteiger partial charge in [-0.1, -0.05) is 17.7 Å². The molecule has 0 radical (unpaired) electrons. The molecule has 2 heterocycles. The van der Waals surface area contributed by atoms with Gasteiger partial charge in [0, 0.05) is 18.7 Å². The standard InChI is InChI=1S/C25H32N4O2S/c1-17-2-4-21(5-3-17)32(30,31)29-7-6-22-23(14-29)27-16-28-24(22)26-15-25-11-18-8-19(12-25)10-20(9-18)13-25/h2-5,16,18-20H,6-15H2,1H3,(H,26,27,28). The van der Waals surface area contributed by atoms with E-state index in [0.717, 1.165) is 46.9 Å². The van der Waals surface area contributed by atoms with E-state index in [1.54, 1.807) is 22.8 Å². The summed E-state index contributed by atoms with van der Waals surface area (Å²) in [6, 6.07) is 7.08. The molecule has 4 saturated carbocycles. The molecule has 5 aliphatic rings. The van der Waals surface area contributed by atoms with Gasteiger partial charge >= 0.3 is 0 Å². The van der Waals surface area contributed by atoms with Crippen LogP contribution in [0.5, 0.6) is 0 Å². The smallest absolute Gasteiger partial charge is 0.243 e. The number of benzene rings is 1. The lowest BCUT2D eigenvalue weighted by molar-refractivity contribution is -0.0444. The molecule has 6 nitrogen and oxygen atoms in total. The lowest BCUT2D eigenvalue weighted by atomic mass is 9.49. The summed E-state index contributed by atoms with van der Waals surface area (Å²) in [5, 5.41) is 3.70. The molecule has 7 rings (SSSR count). The normalized spacial score (nSPS) is 31.5. The Morgan fingerprint density at radius 3 is 2.34 bits per heavy atom. The molecule has 0 atom stereocenters. The zero-order valence-corrected chi connectivity index (χ0v) is 19.6. The number of fused-ring (bicyclic) bond motifs is 1. The maximum atomic E-state index is 13.1. The number of aromatic nitrogens is 2. The van der Waals surface area contributed by atoms with Gasteiger partial charge in [-0.05, 0) is 87.2 Å². The van der Waals surface area contributed by atoms with E-state index in [1.807, 2.05) is 19.1 Å². The molecular formula is C25H32N4O2S. The number of anilines is 1. The molecule has 4 aliphatic carbocycles. The largest absolute Gasteiger partial charge is 0.369 e. The Balaban J connectivity index is 1.19. The number of aryl methyl sites for hydroxylation is 1. The summed E-state index contributed by atoms with van der Waals surface area (Å²) >= 11 is 0.